The van der Waals surface area contributed by atoms with Crippen molar-refractivity contribution in [1.82, 2.24) is 0 Å². The molecular formula is C35H62O7. The molecule has 0 radical (unpaired) electrons. The monoisotopic (exact) mass is 594 g/mol. The Balaban J connectivity index is 1.17. The largest absolute Gasteiger partial charge is 0.455 e. The highest BCUT2D eigenvalue weighted by Crippen LogP contribution is 2.34. The topological polar surface area (TPSA) is 105 Å². The van der Waals surface area contributed by atoms with Crippen LogP contribution in [0.4, 0.5) is 0 Å². The molecule has 2 fully saturated rings. The Morgan fingerprint density at radius 2 is 1.17 bits per heavy atom. The van der Waals surface area contributed by atoms with E-state index in [1.165, 1.54) is 44.9 Å². The molecule has 3 aliphatic rings. The van der Waals surface area contributed by atoms with Crippen molar-refractivity contribution in [3.8, 4) is 0 Å². The highest BCUT2D eigenvalue weighted by molar-refractivity contribution is 5.90. The van der Waals surface area contributed by atoms with Gasteiger partial charge in [-0.1, -0.05) is 84.0 Å². The summed E-state index contributed by atoms with van der Waals surface area (Å²) in [5.74, 6) is -0.211. The third-order valence-corrected chi connectivity index (χ3v) is 9.56. The molecule has 0 bridgehead atoms. The summed E-state index contributed by atoms with van der Waals surface area (Å²) >= 11 is 0. The maximum Gasteiger partial charge on any atom is 0.334 e. The number of carbonyl (C=O) groups is 1. The first-order chi connectivity index (χ1) is 20.4. The summed E-state index contributed by atoms with van der Waals surface area (Å²) in [5, 5.41) is 31.7. The van der Waals surface area contributed by atoms with E-state index in [1.54, 1.807) is 0 Å². The minimum atomic E-state index is -0.440. The molecule has 3 N–H and O–H groups in total. The lowest BCUT2D eigenvalue weighted by Gasteiger charge is -2.24. The molecular weight excluding hydrogens is 532 g/mol. The van der Waals surface area contributed by atoms with Crippen LogP contribution in [0.3, 0.4) is 0 Å². The summed E-state index contributed by atoms with van der Waals surface area (Å²) in [6, 6.07) is 0. The van der Waals surface area contributed by atoms with Crippen LogP contribution < -0.4 is 0 Å². The van der Waals surface area contributed by atoms with Gasteiger partial charge in [0.2, 0.25) is 0 Å². The molecule has 3 rings (SSSR count). The molecule has 8 unspecified atom stereocenters. The second-order valence-corrected chi connectivity index (χ2v) is 13.3. The van der Waals surface area contributed by atoms with Gasteiger partial charge in [-0.25, -0.2) is 4.79 Å². The van der Waals surface area contributed by atoms with Crippen LogP contribution in [0, 0.1) is 0 Å². The summed E-state index contributed by atoms with van der Waals surface area (Å²) < 4.78 is 17.6. The van der Waals surface area contributed by atoms with Crippen LogP contribution in [0.2, 0.25) is 0 Å². The first-order valence-electron chi connectivity index (χ1n) is 17.6. The molecule has 42 heavy (non-hydrogen) atoms. The van der Waals surface area contributed by atoms with Crippen molar-refractivity contribution in [3.05, 3.63) is 11.6 Å². The Kier molecular flexibility index (Phi) is 17.0. The summed E-state index contributed by atoms with van der Waals surface area (Å²) in [4.78, 5) is 11.7. The molecule has 3 aliphatic heterocycles. The zero-order valence-electron chi connectivity index (χ0n) is 26.7. The molecule has 0 aromatic carbocycles. The third-order valence-electron chi connectivity index (χ3n) is 9.56. The van der Waals surface area contributed by atoms with E-state index in [9.17, 15) is 20.1 Å². The fourth-order valence-corrected chi connectivity index (χ4v) is 6.93. The second-order valence-electron chi connectivity index (χ2n) is 13.3. The SMILES string of the molecule is CCCCCCCCCCC(O)C1CCC(C2CCC(C(O)CCCCCCC(O)CCCC3=CC(C)OC3=O)O2)O1. The smallest absolute Gasteiger partial charge is 0.334 e. The number of aliphatic hydroxyl groups is 3. The summed E-state index contributed by atoms with van der Waals surface area (Å²) in [5.41, 5.74) is 0.744. The standard InChI is InChI=1S/C35H62O7/c1-3-4-5-6-7-8-9-13-19-29(37)31-21-23-33(41-31)34-24-22-32(42-34)30(38)20-14-11-10-12-17-28(36)18-15-16-27-25-26(2)40-35(27)39/h25-26,28-34,36-38H,3-24H2,1-2H3. The third kappa shape index (κ3) is 12.9. The van der Waals surface area contributed by atoms with Gasteiger partial charge in [-0.3, -0.25) is 0 Å². The summed E-state index contributed by atoms with van der Waals surface area (Å²) in [6.45, 7) is 4.11. The van der Waals surface area contributed by atoms with E-state index in [0.29, 0.717) is 12.8 Å². The summed E-state index contributed by atoms with van der Waals surface area (Å²) in [6.07, 6.45) is 22.9. The van der Waals surface area contributed by atoms with Crippen LogP contribution in [0.15, 0.2) is 11.6 Å². The first-order valence-corrected chi connectivity index (χ1v) is 17.6. The number of esters is 1. The highest BCUT2D eigenvalue weighted by Gasteiger charge is 2.40. The number of aliphatic hydroxyl groups excluding tert-OH is 3. The van der Waals surface area contributed by atoms with Crippen molar-refractivity contribution in [3.63, 3.8) is 0 Å². The molecule has 0 saturated carbocycles. The zero-order valence-corrected chi connectivity index (χ0v) is 26.7. The molecule has 2 saturated heterocycles. The van der Waals surface area contributed by atoms with E-state index < -0.39 is 6.10 Å². The first kappa shape index (κ1) is 35.5. The maximum absolute atomic E-state index is 11.7. The molecule has 3 heterocycles. The van der Waals surface area contributed by atoms with Crippen molar-refractivity contribution in [2.45, 2.75) is 204 Å². The maximum atomic E-state index is 11.7. The fourth-order valence-electron chi connectivity index (χ4n) is 6.93. The molecule has 7 heteroatoms. The molecule has 8 atom stereocenters. The Bertz CT molecular complexity index is 770. The van der Waals surface area contributed by atoms with Gasteiger partial charge in [0.1, 0.15) is 6.10 Å². The molecule has 0 aliphatic carbocycles. The average Bonchev–Trinajstić information content (AvgIpc) is 3.72. The number of cyclic esters (lactones) is 1. The number of hydrogen-bond acceptors (Lipinski definition) is 7. The van der Waals surface area contributed by atoms with Crippen molar-refractivity contribution in [2.75, 3.05) is 0 Å². The van der Waals surface area contributed by atoms with Crippen LogP contribution in [0.1, 0.15) is 155 Å². The predicted octanol–water partition coefficient (Wildman–Crippen LogP) is 7.08. The van der Waals surface area contributed by atoms with Gasteiger partial charge in [-0.05, 0) is 77.2 Å². The van der Waals surface area contributed by atoms with Gasteiger partial charge in [0.25, 0.3) is 0 Å². The minimum absolute atomic E-state index is 0.0328. The second kappa shape index (κ2) is 20.1. The van der Waals surface area contributed by atoms with Crippen LogP contribution in [0.5, 0.6) is 0 Å². The lowest BCUT2D eigenvalue weighted by Crippen LogP contribution is -2.33. The van der Waals surface area contributed by atoms with Crippen molar-refractivity contribution in [2.24, 2.45) is 0 Å². The van der Waals surface area contributed by atoms with Crippen molar-refractivity contribution < 1.29 is 34.3 Å². The quantitative estimate of drug-likeness (QED) is 0.0858. The van der Waals surface area contributed by atoms with E-state index in [-0.39, 0.29) is 48.7 Å². The van der Waals surface area contributed by atoms with Gasteiger partial charge in [-0.2, -0.15) is 0 Å². The lowest BCUT2D eigenvalue weighted by molar-refractivity contribution is -0.139. The van der Waals surface area contributed by atoms with E-state index in [2.05, 4.69) is 6.92 Å². The van der Waals surface area contributed by atoms with E-state index in [0.717, 1.165) is 89.0 Å². The number of unbranched alkanes of at least 4 members (excludes halogenated alkanes) is 10. The van der Waals surface area contributed by atoms with Gasteiger partial charge < -0.3 is 29.5 Å². The zero-order chi connectivity index (χ0) is 30.2. The van der Waals surface area contributed by atoms with E-state index in [4.69, 9.17) is 14.2 Å². The fraction of sp³-hybridized carbons (Fsp3) is 0.914. The predicted molar refractivity (Wildman–Crippen MR) is 166 cm³/mol. The van der Waals surface area contributed by atoms with E-state index >= 15 is 0 Å². The van der Waals surface area contributed by atoms with Gasteiger partial charge in [0, 0.05) is 5.57 Å². The molecule has 0 amide bonds. The Labute approximate surface area is 255 Å². The number of ether oxygens (including phenoxy) is 3. The van der Waals surface area contributed by atoms with Crippen molar-refractivity contribution in [1.29, 1.82) is 0 Å². The lowest BCUT2D eigenvalue weighted by atomic mass is 9.99. The number of hydrogen-bond donors (Lipinski definition) is 3. The minimum Gasteiger partial charge on any atom is -0.455 e. The molecule has 7 nitrogen and oxygen atoms in total. The van der Waals surface area contributed by atoms with Gasteiger partial charge in [0.15, 0.2) is 0 Å². The van der Waals surface area contributed by atoms with Crippen LogP contribution in [-0.2, 0) is 19.0 Å². The molecule has 244 valence electrons. The normalized spacial score (nSPS) is 28.2. The van der Waals surface area contributed by atoms with Crippen molar-refractivity contribution >= 4 is 5.97 Å². The van der Waals surface area contributed by atoms with E-state index in [1.807, 2.05) is 13.0 Å². The Morgan fingerprint density at radius 1 is 0.690 bits per heavy atom. The van der Waals surface area contributed by atoms with Crippen LogP contribution in [-0.4, -0.2) is 70.1 Å². The van der Waals surface area contributed by atoms with Gasteiger partial charge in [0.05, 0.1) is 42.7 Å². The Morgan fingerprint density at radius 3 is 1.67 bits per heavy atom. The molecule has 0 aromatic rings. The van der Waals surface area contributed by atoms with Crippen LogP contribution >= 0.6 is 0 Å². The molecule has 0 aromatic heterocycles. The summed E-state index contributed by atoms with van der Waals surface area (Å²) in [7, 11) is 0. The van der Waals surface area contributed by atoms with Crippen LogP contribution in [0.25, 0.3) is 0 Å². The van der Waals surface area contributed by atoms with Gasteiger partial charge in [-0.15, -0.1) is 0 Å². The Hall–Kier alpha value is -0.990. The molecule has 0 spiro atoms. The number of rotatable bonds is 23. The van der Waals surface area contributed by atoms with Gasteiger partial charge >= 0.3 is 5.97 Å². The number of carbonyl (C=O) groups excluding carboxylic acids is 1. The average molecular weight is 595 g/mol. The highest BCUT2D eigenvalue weighted by atomic mass is 16.6.